The number of nitrogens with one attached hydrogen (secondary N) is 1. The van der Waals surface area contributed by atoms with Gasteiger partial charge in [0.1, 0.15) is 17.1 Å². The van der Waals surface area contributed by atoms with Crippen LogP contribution in [0.25, 0.3) is 0 Å². The molecule has 34 heavy (non-hydrogen) atoms. The number of hydrogen-bond donors (Lipinski definition) is 1. The molecule has 1 amide bonds. The Morgan fingerprint density at radius 2 is 1.82 bits per heavy atom. The number of anilines is 1. The molecule has 2 saturated carbocycles. The van der Waals surface area contributed by atoms with E-state index in [2.05, 4.69) is 37.9 Å². The Kier molecular flexibility index (Phi) is 10.3. The van der Waals surface area contributed by atoms with Crippen LogP contribution < -0.4 is 10.2 Å². The molecule has 5 nitrogen and oxygen atoms in total. The molecule has 0 radical (unpaired) electrons. The standard InChI is InChI=1S/C24H37N3O2S.C4H8/c1-4-16-30-23-20(22(29)25-19-8-6-5-7-9-19)10-11-21(26-23)27-14-12-24(17-28,13-15-27)18(2)3;1-4-2-3-4/h10-11,17-19H,4-9,12-16H2,1-3H3,(H,25,29);4H,2-3H2,1H3. The quantitative estimate of drug-likeness (QED) is 0.335. The van der Waals surface area contributed by atoms with Crippen LogP contribution in [0.2, 0.25) is 0 Å². The van der Waals surface area contributed by atoms with E-state index in [0.29, 0.717) is 17.5 Å². The average Bonchev–Trinajstić information content (AvgIpc) is 3.65. The van der Waals surface area contributed by atoms with Crippen molar-refractivity contribution in [2.75, 3.05) is 23.7 Å². The number of rotatable bonds is 8. The Morgan fingerprint density at radius 3 is 2.35 bits per heavy atom. The summed E-state index contributed by atoms with van der Waals surface area (Å²) in [6, 6.07) is 4.22. The van der Waals surface area contributed by atoms with E-state index >= 15 is 0 Å². The first-order valence-electron chi connectivity index (χ1n) is 13.5. The Morgan fingerprint density at radius 1 is 1.18 bits per heavy atom. The number of nitrogens with zero attached hydrogens (tertiary/aromatic N) is 2. The predicted molar refractivity (Wildman–Crippen MR) is 143 cm³/mol. The van der Waals surface area contributed by atoms with E-state index in [4.69, 9.17) is 4.98 Å². The highest BCUT2D eigenvalue weighted by Gasteiger charge is 2.37. The molecule has 1 aliphatic heterocycles. The summed E-state index contributed by atoms with van der Waals surface area (Å²) in [4.78, 5) is 31.9. The summed E-state index contributed by atoms with van der Waals surface area (Å²) in [5, 5.41) is 4.07. The first-order chi connectivity index (χ1) is 16.4. The monoisotopic (exact) mass is 487 g/mol. The molecule has 190 valence electrons. The third kappa shape index (κ3) is 7.47. The second-order valence-electron chi connectivity index (χ2n) is 10.9. The molecule has 2 heterocycles. The van der Waals surface area contributed by atoms with Gasteiger partial charge in [-0.05, 0) is 61.8 Å². The maximum atomic E-state index is 13.0. The molecule has 1 aromatic rings. The summed E-state index contributed by atoms with van der Waals surface area (Å²) in [5.74, 6) is 3.32. The molecule has 1 saturated heterocycles. The van der Waals surface area contributed by atoms with Crippen LogP contribution in [0.4, 0.5) is 5.82 Å². The molecular weight excluding hydrogens is 442 g/mol. The number of aldehydes is 1. The van der Waals surface area contributed by atoms with Crippen molar-refractivity contribution >= 4 is 29.8 Å². The van der Waals surface area contributed by atoms with Gasteiger partial charge in [-0.15, -0.1) is 11.8 Å². The SMILES string of the molecule is CC1CC1.CCCSc1nc(N2CCC(C=O)(C(C)C)CC2)ccc1C(=O)NC1CCCCC1. The van der Waals surface area contributed by atoms with Gasteiger partial charge >= 0.3 is 0 Å². The number of pyridine rings is 1. The molecule has 1 aromatic heterocycles. The zero-order valence-corrected chi connectivity index (χ0v) is 22.6. The van der Waals surface area contributed by atoms with E-state index in [1.807, 2.05) is 12.1 Å². The van der Waals surface area contributed by atoms with Crippen molar-refractivity contribution < 1.29 is 9.59 Å². The fourth-order valence-corrected chi connectivity index (χ4v) is 5.62. The molecule has 0 atom stereocenters. The summed E-state index contributed by atoms with van der Waals surface area (Å²) in [6.45, 7) is 10.4. The molecule has 0 spiro atoms. The maximum absolute atomic E-state index is 13.0. The third-order valence-electron chi connectivity index (χ3n) is 7.74. The fraction of sp³-hybridized carbons (Fsp3) is 0.750. The minimum Gasteiger partial charge on any atom is -0.357 e. The number of carbonyl (C=O) groups excluding carboxylic acids is 2. The normalized spacial score (nSPS) is 20.4. The van der Waals surface area contributed by atoms with Crippen LogP contribution in [-0.2, 0) is 4.79 Å². The molecular formula is C28H45N3O2S. The summed E-state index contributed by atoms with van der Waals surface area (Å²) >= 11 is 1.67. The van der Waals surface area contributed by atoms with Crippen molar-refractivity contribution in [3.8, 4) is 0 Å². The third-order valence-corrected chi connectivity index (χ3v) is 8.94. The minimum absolute atomic E-state index is 0.0120. The first kappa shape index (κ1) is 27.0. The van der Waals surface area contributed by atoms with Gasteiger partial charge in [-0.1, -0.05) is 59.8 Å². The highest BCUT2D eigenvalue weighted by atomic mass is 32.2. The van der Waals surface area contributed by atoms with Gasteiger partial charge in [0.05, 0.1) is 5.56 Å². The smallest absolute Gasteiger partial charge is 0.254 e. The van der Waals surface area contributed by atoms with Gasteiger partial charge < -0.3 is 15.0 Å². The van der Waals surface area contributed by atoms with Crippen molar-refractivity contribution in [2.45, 2.75) is 103 Å². The lowest BCUT2D eigenvalue weighted by atomic mass is 9.71. The van der Waals surface area contributed by atoms with Crippen molar-refractivity contribution in [2.24, 2.45) is 17.3 Å². The largest absolute Gasteiger partial charge is 0.357 e. The second kappa shape index (κ2) is 12.9. The molecule has 6 heteroatoms. The predicted octanol–water partition coefficient (Wildman–Crippen LogP) is 6.50. The van der Waals surface area contributed by atoms with E-state index in [0.717, 1.165) is 67.7 Å². The molecule has 3 aliphatic rings. The van der Waals surface area contributed by atoms with Crippen molar-refractivity contribution in [3.05, 3.63) is 17.7 Å². The van der Waals surface area contributed by atoms with Crippen LogP contribution in [0.15, 0.2) is 17.2 Å². The van der Waals surface area contributed by atoms with E-state index in [1.165, 1.54) is 38.4 Å². The van der Waals surface area contributed by atoms with Gasteiger partial charge in [0.25, 0.3) is 5.91 Å². The van der Waals surface area contributed by atoms with Crippen LogP contribution in [0.3, 0.4) is 0 Å². The summed E-state index contributed by atoms with van der Waals surface area (Å²) in [7, 11) is 0. The Bertz CT molecular complexity index is 795. The van der Waals surface area contributed by atoms with Gasteiger partial charge in [0.2, 0.25) is 0 Å². The first-order valence-corrected chi connectivity index (χ1v) is 14.5. The molecule has 0 unspecified atom stereocenters. The van der Waals surface area contributed by atoms with Crippen molar-refractivity contribution in [3.63, 3.8) is 0 Å². The van der Waals surface area contributed by atoms with Gasteiger partial charge in [-0.3, -0.25) is 4.79 Å². The minimum atomic E-state index is -0.212. The summed E-state index contributed by atoms with van der Waals surface area (Å²) in [5.41, 5.74) is 0.486. The van der Waals surface area contributed by atoms with Crippen LogP contribution in [0.1, 0.15) is 102 Å². The molecule has 3 fully saturated rings. The summed E-state index contributed by atoms with van der Waals surface area (Å²) in [6.07, 6.45) is 12.7. The van der Waals surface area contributed by atoms with Gasteiger partial charge in [0, 0.05) is 24.5 Å². The highest BCUT2D eigenvalue weighted by molar-refractivity contribution is 7.99. The molecule has 1 N–H and O–H groups in total. The Labute approximate surface area is 211 Å². The molecule has 2 aliphatic carbocycles. The van der Waals surface area contributed by atoms with Crippen LogP contribution in [0, 0.1) is 17.3 Å². The van der Waals surface area contributed by atoms with Gasteiger partial charge in [-0.25, -0.2) is 4.98 Å². The fourth-order valence-electron chi connectivity index (χ4n) is 4.75. The van der Waals surface area contributed by atoms with Gasteiger partial charge in [-0.2, -0.15) is 0 Å². The van der Waals surface area contributed by atoms with E-state index < -0.39 is 0 Å². The number of hydrogen-bond acceptors (Lipinski definition) is 5. The zero-order valence-electron chi connectivity index (χ0n) is 21.8. The molecule has 0 aromatic carbocycles. The van der Waals surface area contributed by atoms with E-state index in [-0.39, 0.29) is 11.3 Å². The lowest BCUT2D eigenvalue weighted by Crippen LogP contribution is -2.44. The number of amides is 1. The number of piperidine rings is 1. The maximum Gasteiger partial charge on any atom is 0.254 e. The van der Waals surface area contributed by atoms with Crippen molar-refractivity contribution in [1.29, 1.82) is 0 Å². The molecule has 4 rings (SSSR count). The zero-order chi connectivity index (χ0) is 24.6. The van der Waals surface area contributed by atoms with Crippen LogP contribution >= 0.6 is 11.8 Å². The van der Waals surface area contributed by atoms with Crippen LogP contribution in [-0.4, -0.2) is 42.1 Å². The van der Waals surface area contributed by atoms with Gasteiger partial charge in [0.15, 0.2) is 0 Å². The lowest BCUT2D eigenvalue weighted by molar-refractivity contribution is -0.119. The second-order valence-corrected chi connectivity index (χ2v) is 11.9. The van der Waals surface area contributed by atoms with Crippen LogP contribution in [0.5, 0.6) is 0 Å². The highest BCUT2D eigenvalue weighted by Crippen LogP contribution is 2.38. The van der Waals surface area contributed by atoms with E-state index in [1.54, 1.807) is 11.8 Å². The number of aromatic nitrogens is 1. The Hall–Kier alpha value is -1.56. The average molecular weight is 488 g/mol. The number of thioether (sulfide) groups is 1. The lowest BCUT2D eigenvalue weighted by Gasteiger charge is -2.41. The summed E-state index contributed by atoms with van der Waals surface area (Å²) < 4.78 is 0. The van der Waals surface area contributed by atoms with Crippen molar-refractivity contribution in [1.82, 2.24) is 10.3 Å². The topological polar surface area (TPSA) is 62.3 Å². The Balaban J connectivity index is 0.000000732. The van der Waals surface area contributed by atoms with E-state index in [9.17, 15) is 9.59 Å². The molecule has 0 bridgehead atoms. The number of carbonyl (C=O) groups is 2.